The summed E-state index contributed by atoms with van der Waals surface area (Å²) in [6.07, 6.45) is 8.18. The Hall–Kier alpha value is -0.870. The highest BCUT2D eigenvalue weighted by Gasteiger charge is 1.92. The van der Waals surface area contributed by atoms with Crippen LogP contribution < -0.4 is 28.5 Å². The summed E-state index contributed by atoms with van der Waals surface area (Å²) >= 11 is 5.91. The second-order valence-electron chi connectivity index (χ2n) is 3.69. The van der Waals surface area contributed by atoms with Gasteiger partial charge in [0.05, 0.1) is 0 Å². The molecule has 0 N–H and O–H groups in total. The zero-order chi connectivity index (χ0) is 11.4. The van der Waals surface area contributed by atoms with Gasteiger partial charge in [0.2, 0.25) is 0 Å². The number of aryl methyl sites for hydroxylation is 1. The first-order valence-electron chi connectivity index (χ1n) is 5.13. The standard InChI is InChI=1S/C14H13ClN.HI/c1-16-9-7-12(8-10-16)5-6-13-3-2-4-14(15)11-13;/h2-11H,1H3;1H/q+1;/p-1/b6-5+;. The second kappa shape index (κ2) is 6.77. The van der Waals surface area contributed by atoms with Gasteiger partial charge in [0.1, 0.15) is 7.05 Å². The lowest BCUT2D eigenvalue weighted by atomic mass is 10.1. The van der Waals surface area contributed by atoms with Crippen molar-refractivity contribution in [1.82, 2.24) is 0 Å². The highest BCUT2D eigenvalue weighted by molar-refractivity contribution is 6.30. The van der Waals surface area contributed by atoms with Crippen LogP contribution in [0.2, 0.25) is 5.02 Å². The van der Waals surface area contributed by atoms with E-state index in [0.717, 1.165) is 10.6 Å². The Morgan fingerprint density at radius 2 is 1.65 bits per heavy atom. The number of aromatic nitrogens is 1. The SMILES string of the molecule is C[n+]1ccc(/C=C/c2cccc(Cl)c2)cc1.[I-]. The van der Waals surface area contributed by atoms with E-state index >= 15 is 0 Å². The molecule has 0 aliphatic rings. The van der Waals surface area contributed by atoms with Gasteiger partial charge in [-0.1, -0.05) is 35.9 Å². The van der Waals surface area contributed by atoms with Crippen molar-refractivity contribution in [2.45, 2.75) is 0 Å². The number of benzene rings is 1. The third-order valence-electron chi connectivity index (χ3n) is 2.32. The maximum absolute atomic E-state index is 5.91. The molecule has 1 nitrogen and oxygen atoms in total. The van der Waals surface area contributed by atoms with Crippen molar-refractivity contribution in [3.05, 3.63) is 64.9 Å². The van der Waals surface area contributed by atoms with E-state index in [0.29, 0.717) is 0 Å². The lowest BCUT2D eigenvalue weighted by Gasteiger charge is -1.94. The van der Waals surface area contributed by atoms with Crippen LogP contribution in [0.4, 0.5) is 0 Å². The van der Waals surface area contributed by atoms with Crippen LogP contribution in [0.5, 0.6) is 0 Å². The van der Waals surface area contributed by atoms with Crippen molar-refractivity contribution in [2.24, 2.45) is 7.05 Å². The number of halogens is 2. The average molecular weight is 358 g/mol. The summed E-state index contributed by atoms with van der Waals surface area (Å²) in [5.41, 5.74) is 2.29. The van der Waals surface area contributed by atoms with Crippen LogP contribution in [0.25, 0.3) is 12.2 Å². The second-order valence-corrected chi connectivity index (χ2v) is 4.12. The number of nitrogens with zero attached hydrogens (tertiary/aromatic N) is 1. The van der Waals surface area contributed by atoms with Gasteiger partial charge < -0.3 is 24.0 Å². The van der Waals surface area contributed by atoms with E-state index < -0.39 is 0 Å². The molecule has 0 saturated carbocycles. The molecular weight excluding hydrogens is 345 g/mol. The lowest BCUT2D eigenvalue weighted by molar-refractivity contribution is -0.671. The summed E-state index contributed by atoms with van der Waals surface area (Å²) in [4.78, 5) is 0. The zero-order valence-electron chi connectivity index (χ0n) is 9.48. The molecule has 0 saturated heterocycles. The summed E-state index contributed by atoms with van der Waals surface area (Å²) in [5, 5.41) is 0.765. The van der Waals surface area contributed by atoms with E-state index in [1.54, 1.807) is 0 Å². The molecule has 0 aliphatic carbocycles. The predicted octanol–water partition coefficient (Wildman–Crippen LogP) is 0.339. The lowest BCUT2D eigenvalue weighted by Crippen LogP contribution is -3.00. The van der Waals surface area contributed by atoms with Crippen molar-refractivity contribution in [3.63, 3.8) is 0 Å². The number of hydrogen-bond acceptors (Lipinski definition) is 0. The van der Waals surface area contributed by atoms with Crippen LogP contribution in [0.15, 0.2) is 48.8 Å². The van der Waals surface area contributed by atoms with E-state index in [2.05, 4.69) is 24.3 Å². The zero-order valence-corrected chi connectivity index (χ0v) is 12.4. The normalized spacial score (nSPS) is 10.2. The van der Waals surface area contributed by atoms with Crippen LogP contribution in [0.3, 0.4) is 0 Å². The molecule has 0 spiro atoms. The van der Waals surface area contributed by atoms with Crippen LogP contribution >= 0.6 is 11.6 Å². The van der Waals surface area contributed by atoms with E-state index in [4.69, 9.17) is 11.6 Å². The number of rotatable bonds is 2. The van der Waals surface area contributed by atoms with Gasteiger partial charge in [0.15, 0.2) is 12.4 Å². The smallest absolute Gasteiger partial charge is 0.169 e. The fourth-order valence-electron chi connectivity index (χ4n) is 1.43. The van der Waals surface area contributed by atoms with E-state index in [1.165, 1.54) is 5.56 Å². The topological polar surface area (TPSA) is 3.88 Å². The van der Waals surface area contributed by atoms with Gasteiger partial charge in [-0.25, -0.2) is 4.57 Å². The maximum Gasteiger partial charge on any atom is 0.169 e. The molecule has 0 bridgehead atoms. The van der Waals surface area contributed by atoms with E-state index in [9.17, 15) is 0 Å². The van der Waals surface area contributed by atoms with Gasteiger partial charge in [-0.3, -0.25) is 0 Å². The maximum atomic E-state index is 5.91. The quantitative estimate of drug-likeness (QED) is 0.539. The third kappa shape index (κ3) is 4.48. The molecule has 0 unspecified atom stereocenters. The van der Waals surface area contributed by atoms with Crippen molar-refractivity contribution in [1.29, 1.82) is 0 Å². The molecule has 1 aromatic heterocycles. The van der Waals surface area contributed by atoms with Crippen molar-refractivity contribution >= 4 is 23.8 Å². The fraction of sp³-hybridized carbons (Fsp3) is 0.0714. The molecule has 3 heteroatoms. The molecule has 0 amide bonds. The van der Waals surface area contributed by atoms with Gasteiger partial charge in [-0.15, -0.1) is 0 Å². The molecule has 0 atom stereocenters. The summed E-state index contributed by atoms with van der Waals surface area (Å²) in [6, 6.07) is 11.9. The molecule has 1 heterocycles. The summed E-state index contributed by atoms with van der Waals surface area (Å²) in [5.74, 6) is 0. The molecule has 0 fully saturated rings. The first-order valence-corrected chi connectivity index (χ1v) is 5.51. The Bertz CT molecular complexity index is 506. The van der Waals surface area contributed by atoms with Crippen LogP contribution in [0.1, 0.15) is 11.1 Å². The van der Waals surface area contributed by atoms with Gasteiger partial charge >= 0.3 is 0 Å². The number of pyridine rings is 1. The Morgan fingerprint density at radius 3 is 2.29 bits per heavy atom. The molecule has 17 heavy (non-hydrogen) atoms. The largest absolute Gasteiger partial charge is 1.00 e. The molecular formula is C14H13ClIN. The molecule has 88 valence electrons. The molecule has 2 rings (SSSR count). The number of hydrogen-bond donors (Lipinski definition) is 0. The Morgan fingerprint density at radius 1 is 1.00 bits per heavy atom. The van der Waals surface area contributed by atoms with Crippen LogP contribution in [0, 0.1) is 0 Å². The summed E-state index contributed by atoms with van der Waals surface area (Å²) in [7, 11) is 2.00. The minimum Gasteiger partial charge on any atom is -1.00 e. The fourth-order valence-corrected chi connectivity index (χ4v) is 1.63. The van der Waals surface area contributed by atoms with Crippen molar-refractivity contribution in [3.8, 4) is 0 Å². The van der Waals surface area contributed by atoms with Crippen LogP contribution in [-0.4, -0.2) is 0 Å². The Labute approximate surface area is 124 Å². The highest BCUT2D eigenvalue weighted by Crippen LogP contribution is 2.13. The molecule has 0 radical (unpaired) electrons. The average Bonchev–Trinajstić information content (AvgIpc) is 2.28. The Kier molecular flexibility index (Phi) is 5.65. The first kappa shape index (κ1) is 14.2. The van der Waals surface area contributed by atoms with Gasteiger partial charge in [-0.2, -0.15) is 0 Å². The molecule has 1 aromatic carbocycles. The van der Waals surface area contributed by atoms with Gasteiger partial charge in [0.25, 0.3) is 0 Å². The third-order valence-corrected chi connectivity index (χ3v) is 2.56. The molecule has 0 aliphatic heterocycles. The van der Waals surface area contributed by atoms with Gasteiger partial charge in [0, 0.05) is 17.2 Å². The predicted molar refractivity (Wildman–Crippen MR) is 68.0 cm³/mol. The minimum absolute atomic E-state index is 0. The van der Waals surface area contributed by atoms with Crippen molar-refractivity contribution in [2.75, 3.05) is 0 Å². The van der Waals surface area contributed by atoms with E-state index in [1.807, 2.05) is 48.3 Å². The monoisotopic (exact) mass is 357 g/mol. The van der Waals surface area contributed by atoms with Crippen LogP contribution in [-0.2, 0) is 7.05 Å². The minimum atomic E-state index is 0. The summed E-state index contributed by atoms with van der Waals surface area (Å²) < 4.78 is 2.01. The van der Waals surface area contributed by atoms with Gasteiger partial charge in [-0.05, 0) is 23.3 Å². The summed E-state index contributed by atoms with van der Waals surface area (Å²) in [6.45, 7) is 0. The van der Waals surface area contributed by atoms with E-state index in [-0.39, 0.29) is 24.0 Å². The highest BCUT2D eigenvalue weighted by atomic mass is 127. The van der Waals surface area contributed by atoms with Crippen molar-refractivity contribution < 1.29 is 28.5 Å². The first-order chi connectivity index (χ1) is 7.74. The Balaban J connectivity index is 0.00000144. The molecule has 2 aromatic rings.